The van der Waals surface area contributed by atoms with Crippen LogP contribution in [0.4, 0.5) is 5.69 Å². The van der Waals surface area contributed by atoms with Crippen molar-refractivity contribution in [1.82, 2.24) is 5.32 Å². The van der Waals surface area contributed by atoms with Crippen LogP contribution in [-0.2, 0) is 9.53 Å². The molecule has 1 fully saturated rings. The van der Waals surface area contributed by atoms with Crippen molar-refractivity contribution < 1.29 is 14.3 Å². The molecule has 6 heteroatoms. The van der Waals surface area contributed by atoms with E-state index in [9.17, 15) is 4.79 Å². The van der Waals surface area contributed by atoms with Gasteiger partial charge >= 0.3 is 5.97 Å². The molecule has 1 aromatic rings. The van der Waals surface area contributed by atoms with Gasteiger partial charge in [-0.3, -0.25) is 4.79 Å². The first-order valence-corrected chi connectivity index (χ1v) is 6.91. The van der Waals surface area contributed by atoms with Crippen molar-refractivity contribution >= 4 is 23.3 Å². The monoisotopic (exact) mass is 298 g/mol. The van der Waals surface area contributed by atoms with Crippen LogP contribution < -0.4 is 15.0 Å². The molecule has 1 atom stereocenters. The molecular weight excluding hydrogens is 280 g/mol. The maximum atomic E-state index is 11.5. The van der Waals surface area contributed by atoms with Crippen LogP contribution in [0.15, 0.2) is 18.2 Å². The fourth-order valence-corrected chi connectivity index (χ4v) is 2.58. The number of carbonyl (C=O) groups excluding carboxylic acids is 1. The lowest BCUT2D eigenvalue weighted by Gasteiger charge is -2.37. The summed E-state index contributed by atoms with van der Waals surface area (Å²) in [5, 5.41) is 3.88. The van der Waals surface area contributed by atoms with Crippen LogP contribution in [0.2, 0.25) is 5.02 Å². The molecule has 0 radical (unpaired) electrons. The van der Waals surface area contributed by atoms with Crippen LogP contribution in [0.3, 0.4) is 0 Å². The van der Waals surface area contributed by atoms with Crippen molar-refractivity contribution in [1.29, 1.82) is 0 Å². The minimum atomic E-state index is -0.204. The van der Waals surface area contributed by atoms with E-state index < -0.39 is 0 Å². The summed E-state index contributed by atoms with van der Waals surface area (Å²) < 4.78 is 10.0. The van der Waals surface area contributed by atoms with E-state index >= 15 is 0 Å². The molecule has 5 nitrogen and oxygen atoms in total. The number of ether oxygens (including phenoxy) is 2. The van der Waals surface area contributed by atoms with Crippen LogP contribution >= 0.6 is 11.6 Å². The van der Waals surface area contributed by atoms with Gasteiger partial charge in [0.25, 0.3) is 0 Å². The summed E-state index contributed by atoms with van der Waals surface area (Å²) in [6.45, 7) is 2.45. The number of methoxy groups -OCH3 is 2. The molecule has 1 aliphatic rings. The second kappa shape index (κ2) is 6.81. The minimum absolute atomic E-state index is 0.0714. The van der Waals surface area contributed by atoms with Crippen LogP contribution in [0.5, 0.6) is 5.75 Å². The predicted molar refractivity (Wildman–Crippen MR) is 78.6 cm³/mol. The fraction of sp³-hybridized carbons (Fsp3) is 0.500. The predicted octanol–water partition coefficient (Wildman–Crippen LogP) is 1.69. The van der Waals surface area contributed by atoms with Gasteiger partial charge in [-0.1, -0.05) is 11.6 Å². The van der Waals surface area contributed by atoms with Crippen molar-refractivity contribution in [3.8, 4) is 5.75 Å². The Hall–Kier alpha value is -1.46. The molecule has 0 bridgehead atoms. The number of rotatable bonds is 4. The highest BCUT2D eigenvalue weighted by molar-refractivity contribution is 6.32. The molecule has 20 heavy (non-hydrogen) atoms. The Morgan fingerprint density at radius 2 is 2.30 bits per heavy atom. The molecule has 1 saturated heterocycles. The number of nitrogens with zero attached hydrogens (tertiary/aromatic N) is 1. The van der Waals surface area contributed by atoms with E-state index in [0.29, 0.717) is 17.2 Å². The number of hydrogen-bond acceptors (Lipinski definition) is 5. The van der Waals surface area contributed by atoms with Crippen LogP contribution in [0.1, 0.15) is 6.42 Å². The van der Waals surface area contributed by atoms with Crippen molar-refractivity contribution in [2.24, 2.45) is 0 Å². The van der Waals surface area contributed by atoms with Gasteiger partial charge in [-0.2, -0.15) is 0 Å². The van der Waals surface area contributed by atoms with Crippen molar-refractivity contribution in [3.63, 3.8) is 0 Å². The summed E-state index contributed by atoms with van der Waals surface area (Å²) in [4.78, 5) is 13.7. The van der Waals surface area contributed by atoms with Crippen molar-refractivity contribution in [3.05, 3.63) is 23.2 Å². The number of halogens is 1. The third kappa shape index (κ3) is 3.35. The summed E-state index contributed by atoms with van der Waals surface area (Å²) in [6, 6.07) is 5.73. The first kappa shape index (κ1) is 14.9. The first-order valence-electron chi connectivity index (χ1n) is 6.53. The summed E-state index contributed by atoms with van der Waals surface area (Å²) in [6.07, 6.45) is 0.356. The highest BCUT2D eigenvalue weighted by Gasteiger charge is 2.25. The van der Waals surface area contributed by atoms with E-state index in [4.69, 9.17) is 21.1 Å². The average molecular weight is 299 g/mol. The normalized spacial score (nSPS) is 18.8. The average Bonchev–Trinajstić information content (AvgIpc) is 2.48. The SMILES string of the molecule is COC(=O)CC1CNCCN1c1ccc(Cl)c(OC)c1. The highest BCUT2D eigenvalue weighted by Crippen LogP contribution is 2.31. The van der Waals surface area contributed by atoms with Crippen molar-refractivity contribution in [2.75, 3.05) is 38.8 Å². The molecule has 0 spiro atoms. The smallest absolute Gasteiger partial charge is 0.307 e. The molecule has 1 aromatic carbocycles. The Morgan fingerprint density at radius 1 is 1.50 bits per heavy atom. The van der Waals surface area contributed by atoms with E-state index in [2.05, 4.69) is 10.2 Å². The molecule has 0 saturated carbocycles. The van der Waals surface area contributed by atoms with Crippen LogP contribution in [0, 0.1) is 0 Å². The van der Waals surface area contributed by atoms with Gasteiger partial charge < -0.3 is 19.7 Å². The molecule has 1 N–H and O–H groups in total. The Morgan fingerprint density at radius 3 is 3.00 bits per heavy atom. The largest absolute Gasteiger partial charge is 0.495 e. The quantitative estimate of drug-likeness (QED) is 0.857. The topological polar surface area (TPSA) is 50.8 Å². The van der Waals surface area contributed by atoms with E-state index in [0.717, 1.165) is 25.3 Å². The third-order valence-electron chi connectivity index (χ3n) is 3.45. The summed E-state index contributed by atoms with van der Waals surface area (Å²) >= 11 is 6.05. The van der Waals surface area contributed by atoms with Gasteiger partial charge in [-0.15, -0.1) is 0 Å². The summed E-state index contributed by atoms with van der Waals surface area (Å²) in [5.74, 6) is 0.434. The van der Waals surface area contributed by atoms with Gasteiger partial charge in [0.05, 0.1) is 31.7 Å². The standard InChI is InChI=1S/C14H19ClN2O3/c1-19-13-7-10(3-4-12(13)15)17-6-5-16-9-11(17)8-14(18)20-2/h3-4,7,11,16H,5-6,8-9H2,1-2H3. The Bertz CT molecular complexity index is 481. The molecule has 0 aliphatic carbocycles. The number of anilines is 1. The Kier molecular flexibility index (Phi) is 5.09. The number of nitrogens with one attached hydrogen (secondary N) is 1. The number of hydrogen-bond donors (Lipinski definition) is 1. The molecule has 1 unspecified atom stereocenters. The minimum Gasteiger partial charge on any atom is -0.495 e. The van der Waals surface area contributed by atoms with Gasteiger partial charge in [-0.05, 0) is 12.1 Å². The lowest BCUT2D eigenvalue weighted by Crippen LogP contribution is -2.52. The number of carbonyl (C=O) groups is 1. The zero-order valence-corrected chi connectivity index (χ0v) is 12.4. The number of esters is 1. The van der Waals surface area contributed by atoms with Crippen molar-refractivity contribution in [2.45, 2.75) is 12.5 Å². The number of piperazine rings is 1. The third-order valence-corrected chi connectivity index (χ3v) is 3.76. The lowest BCUT2D eigenvalue weighted by molar-refractivity contribution is -0.141. The van der Waals surface area contributed by atoms with Gasteiger partial charge in [0.2, 0.25) is 0 Å². The van der Waals surface area contributed by atoms with E-state index in [1.807, 2.05) is 18.2 Å². The van der Waals surface area contributed by atoms with Crippen LogP contribution in [-0.4, -0.2) is 45.9 Å². The lowest BCUT2D eigenvalue weighted by atomic mass is 10.1. The summed E-state index contributed by atoms with van der Waals surface area (Å²) in [7, 11) is 3.00. The highest BCUT2D eigenvalue weighted by atomic mass is 35.5. The van der Waals surface area contributed by atoms with Gasteiger partial charge in [-0.25, -0.2) is 0 Å². The van der Waals surface area contributed by atoms with E-state index in [1.165, 1.54) is 7.11 Å². The van der Waals surface area contributed by atoms with Gasteiger partial charge in [0.1, 0.15) is 5.75 Å². The fourth-order valence-electron chi connectivity index (χ4n) is 2.39. The first-order chi connectivity index (χ1) is 9.65. The number of benzene rings is 1. The Balaban J connectivity index is 2.20. The zero-order valence-electron chi connectivity index (χ0n) is 11.7. The zero-order chi connectivity index (χ0) is 14.5. The second-order valence-electron chi connectivity index (χ2n) is 4.65. The Labute approximate surface area is 123 Å². The maximum Gasteiger partial charge on any atom is 0.307 e. The molecular formula is C14H19ClN2O3. The molecule has 110 valence electrons. The molecule has 0 aromatic heterocycles. The second-order valence-corrected chi connectivity index (χ2v) is 5.06. The molecule has 1 heterocycles. The van der Waals surface area contributed by atoms with Gasteiger partial charge in [0.15, 0.2) is 0 Å². The molecule has 1 aliphatic heterocycles. The maximum absolute atomic E-state index is 11.5. The summed E-state index contributed by atoms with van der Waals surface area (Å²) in [5.41, 5.74) is 1.00. The van der Waals surface area contributed by atoms with E-state index in [1.54, 1.807) is 7.11 Å². The molecule has 2 rings (SSSR count). The van der Waals surface area contributed by atoms with E-state index in [-0.39, 0.29) is 12.0 Å². The van der Waals surface area contributed by atoms with Gasteiger partial charge in [0, 0.05) is 31.4 Å². The molecule has 0 amide bonds. The van der Waals surface area contributed by atoms with Crippen LogP contribution in [0.25, 0.3) is 0 Å².